The summed E-state index contributed by atoms with van der Waals surface area (Å²) in [6, 6.07) is -0.835. The summed E-state index contributed by atoms with van der Waals surface area (Å²) in [6.07, 6.45) is 82.7. The number of hydrogen-bond donors (Lipinski definition) is 6. The summed E-state index contributed by atoms with van der Waals surface area (Å²) in [6.45, 7) is 3.68. The standard InChI is InChI=1S/C74H133NO8/c1-3-5-7-9-11-13-15-17-19-21-23-25-27-29-31-32-33-34-35-36-38-39-41-43-45-47-49-51-53-55-57-59-61-63-68(77)67(66-82-74-73(81)72(80)71(79)69(65-76)83-74)75-70(78)64-62-60-58-56-54-52-50-48-46-44-42-40-37-30-28-26-24-22-20-18-16-14-12-10-8-6-4-2/h6,8,12,14,18,20,24,26,45,47,53,55,61,63,67-69,71-74,76-77,79-81H,3-5,7,9-11,13,15-17,19,21-23,25,27-44,46,48-52,54,56-60,62,64-66H2,1-2H3,(H,75,78)/b8-6-,14-12-,20-18-,26-24-,47-45+,55-53+,63-61+. The monoisotopic (exact) mass is 1160 g/mol. The van der Waals surface area contributed by atoms with E-state index in [9.17, 15) is 30.3 Å². The minimum atomic E-state index is -1.58. The summed E-state index contributed by atoms with van der Waals surface area (Å²) in [5.74, 6) is -0.191. The molecular weight excluding hydrogens is 1030 g/mol. The third-order valence-electron chi connectivity index (χ3n) is 16.4. The third-order valence-corrected chi connectivity index (χ3v) is 16.4. The molecule has 0 saturated carbocycles. The number of aliphatic hydroxyl groups excluding tert-OH is 5. The second kappa shape index (κ2) is 62.4. The average molecular weight is 1160 g/mol. The lowest BCUT2D eigenvalue weighted by Crippen LogP contribution is -2.60. The lowest BCUT2D eigenvalue weighted by Gasteiger charge is -2.40. The molecule has 1 rings (SSSR count). The van der Waals surface area contributed by atoms with Gasteiger partial charge in [0.15, 0.2) is 6.29 Å². The van der Waals surface area contributed by atoms with Crippen molar-refractivity contribution in [3.8, 4) is 0 Å². The third kappa shape index (κ3) is 51.2. The van der Waals surface area contributed by atoms with Gasteiger partial charge in [0, 0.05) is 6.42 Å². The van der Waals surface area contributed by atoms with Crippen molar-refractivity contribution >= 4 is 5.91 Å². The Bertz CT molecular complexity index is 1590. The van der Waals surface area contributed by atoms with E-state index in [1.165, 1.54) is 231 Å². The lowest BCUT2D eigenvalue weighted by molar-refractivity contribution is -0.302. The SMILES string of the molecule is CC/C=C\C/C=C\C/C=C\C/C=C\CCCCCCCCCCCCCCCCC(=O)NC(COC1OC(CO)C(O)C(O)C1O)C(O)/C=C/CC/C=C/CC/C=C/CCCCCCCCCCCCCCCCCCCCCCCCC. The van der Waals surface area contributed by atoms with Crippen LogP contribution < -0.4 is 5.32 Å². The van der Waals surface area contributed by atoms with Gasteiger partial charge in [-0.15, -0.1) is 0 Å². The summed E-state index contributed by atoms with van der Waals surface area (Å²) in [5.41, 5.74) is 0. The Kier molecular flexibility index (Phi) is 59.0. The molecule has 9 heteroatoms. The van der Waals surface area contributed by atoms with E-state index in [4.69, 9.17) is 9.47 Å². The van der Waals surface area contributed by atoms with Crippen LogP contribution in [0, 0.1) is 0 Å². The van der Waals surface area contributed by atoms with Crippen molar-refractivity contribution in [1.82, 2.24) is 5.32 Å². The van der Waals surface area contributed by atoms with E-state index in [0.29, 0.717) is 6.42 Å². The summed E-state index contributed by atoms with van der Waals surface area (Å²) < 4.78 is 11.3. The highest BCUT2D eigenvalue weighted by molar-refractivity contribution is 5.76. The second-order valence-corrected chi connectivity index (χ2v) is 24.3. The Morgan fingerprint density at radius 2 is 0.759 bits per heavy atom. The van der Waals surface area contributed by atoms with Gasteiger partial charge < -0.3 is 40.3 Å². The van der Waals surface area contributed by atoms with Gasteiger partial charge in [0.05, 0.1) is 25.4 Å². The molecule has 83 heavy (non-hydrogen) atoms. The van der Waals surface area contributed by atoms with Crippen molar-refractivity contribution in [1.29, 1.82) is 0 Å². The maximum absolute atomic E-state index is 13.1. The highest BCUT2D eigenvalue weighted by atomic mass is 16.7. The van der Waals surface area contributed by atoms with Gasteiger partial charge in [0.2, 0.25) is 5.91 Å². The minimum Gasteiger partial charge on any atom is -0.394 e. The van der Waals surface area contributed by atoms with E-state index >= 15 is 0 Å². The van der Waals surface area contributed by atoms with E-state index in [0.717, 1.165) is 70.6 Å². The van der Waals surface area contributed by atoms with E-state index in [2.05, 4.69) is 92.1 Å². The molecular formula is C74H133NO8. The Labute approximate surface area is 511 Å². The predicted octanol–water partition coefficient (Wildman–Crippen LogP) is 19.3. The Morgan fingerprint density at radius 1 is 0.422 bits per heavy atom. The first-order chi connectivity index (χ1) is 40.8. The molecule has 482 valence electrons. The molecule has 0 spiro atoms. The van der Waals surface area contributed by atoms with E-state index in [-0.39, 0.29) is 12.5 Å². The smallest absolute Gasteiger partial charge is 0.220 e. The maximum Gasteiger partial charge on any atom is 0.220 e. The molecule has 1 aliphatic heterocycles. The number of unbranched alkanes of at least 4 members (excludes halogenated alkanes) is 39. The van der Waals surface area contributed by atoms with Crippen LogP contribution in [0.1, 0.15) is 322 Å². The average Bonchev–Trinajstić information content (AvgIpc) is 3.60. The largest absolute Gasteiger partial charge is 0.394 e. The topological polar surface area (TPSA) is 149 Å². The van der Waals surface area contributed by atoms with Gasteiger partial charge in [-0.25, -0.2) is 0 Å². The molecule has 0 radical (unpaired) electrons. The van der Waals surface area contributed by atoms with Crippen molar-refractivity contribution < 1.29 is 39.8 Å². The minimum absolute atomic E-state index is 0.191. The lowest BCUT2D eigenvalue weighted by atomic mass is 9.99. The van der Waals surface area contributed by atoms with Gasteiger partial charge in [-0.1, -0.05) is 317 Å². The molecule has 0 bridgehead atoms. The van der Waals surface area contributed by atoms with Crippen LogP contribution in [0.4, 0.5) is 0 Å². The van der Waals surface area contributed by atoms with Crippen LogP contribution in [0.15, 0.2) is 85.1 Å². The quantitative estimate of drug-likeness (QED) is 0.0261. The van der Waals surface area contributed by atoms with Crippen molar-refractivity contribution in [3.63, 3.8) is 0 Å². The van der Waals surface area contributed by atoms with Gasteiger partial charge >= 0.3 is 0 Å². The van der Waals surface area contributed by atoms with Crippen LogP contribution >= 0.6 is 0 Å². The molecule has 7 unspecified atom stereocenters. The van der Waals surface area contributed by atoms with Gasteiger partial charge in [-0.2, -0.15) is 0 Å². The molecule has 6 N–H and O–H groups in total. The Morgan fingerprint density at radius 3 is 1.16 bits per heavy atom. The fourth-order valence-electron chi connectivity index (χ4n) is 10.9. The first kappa shape index (κ1) is 78.4. The zero-order valence-corrected chi connectivity index (χ0v) is 53.9. The Hall–Kier alpha value is -2.63. The van der Waals surface area contributed by atoms with Crippen LogP contribution in [-0.4, -0.2) is 87.5 Å². The summed E-state index contributed by atoms with van der Waals surface area (Å²) in [7, 11) is 0. The van der Waals surface area contributed by atoms with Crippen molar-refractivity contribution in [2.75, 3.05) is 13.2 Å². The summed E-state index contributed by atoms with van der Waals surface area (Å²) in [4.78, 5) is 13.1. The number of allylic oxidation sites excluding steroid dienone is 13. The number of hydrogen-bond acceptors (Lipinski definition) is 8. The normalized spacial score (nSPS) is 18.8. The van der Waals surface area contributed by atoms with Crippen molar-refractivity contribution in [2.45, 2.75) is 365 Å². The fraction of sp³-hybridized carbons (Fsp3) is 0.797. The van der Waals surface area contributed by atoms with Gasteiger partial charge in [0.25, 0.3) is 0 Å². The number of nitrogens with one attached hydrogen (secondary N) is 1. The van der Waals surface area contributed by atoms with Gasteiger partial charge in [0.1, 0.15) is 24.4 Å². The molecule has 1 heterocycles. The summed E-state index contributed by atoms with van der Waals surface area (Å²) in [5, 5.41) is 54.7. The molecule has 1 aliphatic rings. The zero-order valence-electron chi connectivity index (χ0n) is 53.9. The molecule has 0 aromatic carbocycles. The van der Waals surface area contributed by atoms with E-state index in [1.807, 2.05) is 6.08 Å². The van der Waals surface area contributed by atoms with Crippen LogP contribution in [0.25, 0.3) is 0 Å². The van der Waals surface area contributed by atoms with Crippen molar-refractivity contribution in [2.24, 2.45) is 0 Å². The predicted molar refractivity (Wildman–Crippen MR) is 355 cm³/mol. The zero-order chi connectivity index (χ0) is 60.0. The fourth-order valence-corrected chi connectivity index (χ4v) is 10.9. The van der Waals surface area contributed by atoms with Gasteiger partial charge in [-0.05, 0) is 83.5 Å². The maximum atomic E-state index is 13.1. The number of aliphatic hydroxyl groups is 5. The first-order valence-corrected chi connectivity index (χ1v) is 35.3. The van der Waals surface area contributed by atoms with Crippen LogP contribution in [0.5, 0.6) is 0 Å². The molecule has 7 atom stereocenters. The van der Waals surface area contributed by atoms with Crippen LogP contribution in [0.3, 0.4) is 0 Å². The van der Waals surface area contributed by atoms with E-state index < -0.39 is 49.5 Å². The number of carbonyl (C=O) groups is 1. The van der Waals surface area contributed by atoms with E-state index in [1.54, 1.807) is 6.08 Å². The molecule has 1 amide bonds. The molecule has 1 saturated heterocycles. The number of ether oxygens (including phenoxy) is 2. The molecule has 0 aromatic heterocycles. The number of rotatable bonds is 61. The molecule has 0 aliphatic carbocycles. The highest BCUT2D eigenvalue weighted by Crippen LogP contribution is 2.23. The summed E-state index contributed by atoms with van der Waals surface area (Å²) >= 11 is 0. The first-order valence-electron chi connectivity index (χ1n) is 35.3. The molecule has 9 nitrogen and oxygen atoms in total. The molecule has 1 fully saturated rings. The number of amides is 1. The number of carbonyl (C=O) groups excluding carboxylic acids is 1. The van der Waals surface area contributed by atoms with Crippen LogP contribution in [0.2, 0.25) is 0 Å². The highest BCUT2D eigenvalue weighted by Gasteiger charge is 2.44. The van der Waals surface area contributed by atoms with Gasteiger partial charge in [-0.3, -0.25) is 4.79 Å². The van der Waals surface area contributed by atoms with Crippen LogP contribution in [-0.2, 0) is 14.3 Å². The van der Waals surface area contributed by atoms with Crippen molar-refractivity contribution in [3.05, 3.63) is 85.1 Å². The molecule has 0 aromatic rings. The second-order valence-electron chi connectivity index (χ2n) is 24.3. The Balaban J connectivity index is 2.16.